The van der Waals surface area contributed by atoms with Crippen LogP contribution in [0.15, 0.2) is 36.5 Å². The second-order valence-electron chi connectivity index (χ2n) is 4.23. The zero-order valence-corrected chi connectivity index (χ0v) is 10.4. The smallest absolute Gasteiger partial charge is 0.219 e. The van der Waals surface area contributed by atoms with Gasteiger partial charge in [-0.3, -0.25) is 0 Å². The van der Waals surface area contributed by atoms with Gasteiger partial charge in [0.2, 0.25) is 5.88 Å². The molecule has 94 valence electrons. The molecule has 1 heterocycles. The Morgan fingerprint density at radius 1 is 1.28 bits per heavy atom. The van der Waals surface area contributed by atoms with Crippen LogP contribution in [-0.4, -0.2) is 4.98 Å². The predicted octanol–water partition coefficient (Wildman–Crippen LogP) is 3.34. The predicted molar refractivity (Wildman–Crippen MR) is 68.1 cm³/mol. The highest BCUT2D eigenvalue weighted by Gasteiger charge is 2.04. The fraction of sp³-hybridized carbons (Fsp3) is 0.214. The van der Waals surface area contributed by atoms with E-state index in [1.807, 2.05) is 13.0 Å². The fourth-order valence-electron chi connectivity index (χ4n) is 1.52. The summed E-state index contributed by atoms with van der Waals surface area (Å²) in [6.07, 6.45) is 1.68. The lowest BCUT2D eigenvalue weighted by molar-refractivity contribution is 0.460. The van der Waals surface area contributed by atoms with Gasteiger partial charge in [0.15, 0.2) is 0 Å². The molecular weight excluding hydrogens is 231 g/mol. The van der Waals surface area contributed by atoms with Crippen LogP contribution >= 0.6 is 0 Å². The molecule has 0 saturated heterocycles. The van der Waals surface area contributed by atoms with Gasteiger partial charge < -0.3 is 10.5 Å². The molecular formula is C14H15FN2O. The number of hydrogen-bond donors (Lipinski definition) is 1. The molecule has 0 aliphatic carbocycles. The molecule has 2 aromatic rings. The second kappa shape index (κ2) is 5.14. The molecule has 0 amide bonds. The number of ether oxygens (including phenoxy) is 1. The van der Waals surface area contributed by atoms with Crippen molar-refractivity contribution < 1.29 is 9.13 Å². The Morgan fingerprint density at radius 3 is 2.61 bits per heavy atom. The molecule has 1 aromatic heterocycles. The molecule has 2 rings (SSSR count). The monoisotopic (exact) mass is 246 g/mol. The highest BCUT2D eigenvalue weighted by Crippen LogP contribution is 2.22. The number of aromatic nitrogens is 1. The molecule has 0 radical (unpaired) electrons. The van der Waals surface area contributed by atoms with Crippen molar-refractivity contribution in [2.75, 3.05) is 0 Å². The normalized spacial score (nSPS) is 12.2. The van der Waals surface area contributed by atoms with Gasteiger partial charge in [0.1, 0.15) is 11.6 Å². The maximum Gasteiger partial charge on any atom is 0.219 e. The summed E-state index contributed by atoms with van der Waals surface area (Å²) in [4.78, 5) is 4.15. The molecule has 3 nitrogen and oxygen atoms in total. The Hall–Kier alpha value is -1.94. The lowest BCUT2D eigenvalue weighted by Gasteiger charge is -2.08. The summed E-state index contributed by atoms with van der Waals surface area (Å²) in [5.74, 6) is 0.781. The van der Waals surface area contributed by atoms with Crippen molar-refractivity contribution in [1.29, 1.82) is 0 Å². The topological polar surface area (TPSA) is 48.1 Å². The molecule has 0 aliphatic heterocycles. The Balaban J connectivity index is 2.15. The third-order valence-electron chi connectivity index (χ3n) is 2.64. The van der Waals surface area contributed by atoms with Crippen LogP contribution in [0.2, 0.25) is 0 Å². The molecule has 1 aromatic carbocycles. The van der Waals surface area contributed by atoms with Crippen molar-refractivity contribution in [2.24, 2.45) is 5.73 Å². The van der Waals surface area contributed by atoms with Crippen molar-refractivity contribution in [3.63, 3.8) is 0 Å². The SMILES string of the molecule is Cc1cc(Oc2ccc([C@H](C)N)cn2)ccc1F. The molecule has 1 atom stereocenters. The number of nitrogens with two attached hydrogens (primary N) is 1. The number of halogens is 1. The van der Waals surface area contributed by atoms with Crippen LogP contribution in [0.3, 0.4) is 0 Å². The van der Waals surface area contributed by atoms with Crippen LogP contribution in [0.5, 0.6) is 11.6 Å². The Morgan fingerprint density at radius 2 is 2.06 bits per heavy atom. The van der Waals surface area contributed by atoms with Gasteiger partial charge in [-0.25, -0.2) is 9.37 Å². The van der Waals surface area contributed by atoms with E-state index in [2.05, 4.69) is 4.98 Å². The summed E-state index contributed by atoms with van der Waals surface area (Å²) in [6, 6.07) is 8.14. The molecule has 4 heteroatoms. The molecule has 0 fully saturated rings. The molecule has 2 N–H and O–H groups in total. The zero-order chi connectivity index (χ0) is 13.1. The summed E-state index contributed by atoms with van der Waals surface area (Å²) in [5, 5.41) is 0. The van der Waals surface area contributed by atoms with E-state index in [1.54, 1.807) is 31.3 Å². The van der Waals surface area contributed by atoms with E-state index < -0.39 is 0 Å². The number of rotatable bonds is 3. The van der Waals surface area contributed by atoms with E-state index in [4.69, 9.17) is 10.5 Å². The van der Waals surface area contributed by atoms with E-state index in [0.29, 0.717) is 17.2 Å². The minimum Gasteiger partial charge on any atom is -0.439 e. The van der Waals surface area contributed by atoms with E-state index in [-0.39, 0.29) is 11.9 Å². The molecule has 0 spiro atoms. The third kappa shape index (κ3) is 2.84. The average molecular weight is 246 g/mol. The third-order valence-corrected chi connectivity index (χ3v) is 2.64. The second-order valence-corrected chi connectivity index (χ2v) is 4.23. The first kappa shape index (κ1) is 12.5. The highest BCUT2D eigenvalue weighted by atomic mass is 19.1. The molecule has 18 heavy (non-hydrogen) atoms. The number of aryl methyl sites for hydroxylation is 1. The first-order valence-corrected chi connectivity index (χ1v) is 5.72. The Labute approximate surface area is 105 Å². The molecule has 0 bridgehead atoms. The minimum atomic E-state index is -0.248. The summed E-state index contributed by atoms with van der Waals surface area (Å²) in [5.41, 5.74) is 7.21. The lowest BCUT2D eigenvalue weighted by Crippen LogP contribution is -2.05. The zero-order valence-electron chi connectivity index (χ0n) is 10.4. The van der Waals surface area contributed by atoms with Crippen molar-refractivity contribution in [1.82, 2.24) is 4.98 Å². The largest absolute Gasteiger partial charge is 0.439 e. The Bertz CT molecular complexity index is 538. The van der Waals surface area contributed by atoms with Gasteiger partial charge in [-0.1, -0.05) is 6.07 Å². The molecule has 0 unspecified atom stereocenters. The fourth-order valence-corrected chi connectivity index (χ4v) is 1.52. The van der Waals surface area contributed by atoms with Crippen LogP contribution in [0, 0.1) is 12.7 Å². The Kier molecular flexibility index (Phi) is 3.58. The van der Waals surface area contributed by atoms with Crippen molar-refractivity contribution in [3.05, 3.63) is 53.5 Å². The van der Waals surface area contributed by atoms with E-state index in [0.717, 1.165) is 5.56 Å². The van der Waals surface area contributed by atoms with Crippen LogP contribution < -0.4 is 10.5 Å². The summed E-state index contributed by atoms with van der Waals surface area (Å²) >= 11 is 0. The van der Waals surface area contributed by atoms with Gasteiger partial charge in [0, 0.05) is 18.3 Å². The van der Waals surface area contributed by atoms with Crippen LogP contribution in [0.1, 0.15) is 24.1 Å². The van der Waals surface area contributed by atoms with Gasteiger partial charge in [0.25, 0.3) is 0 Å². The van der Waals surface area contributed by atoms with Crippen LogP contribution in [0.4, 0.5) is 4.39 Å². The van der Waals surface area contributed by atoms with E-state index in [9.17, 15) is 4.39 Å². The van der Waals surface area contributed by atoms with Crippen LogP contribution in [0.25, 0.3) is 0 Å². The number of benzene rings is 1. The number of pyridine rings is 1. The molecule has 0 saturated carbocycles. The summed E-state index contributed by atoms with van der Waals surface area (Å²) in [7, 11) is 0. The van der Waals surface area contributed by atoms with Gasteiger partial charge in [-0.15, -0.1) is 0 Å². The van der Waals surface area contributed by atoms with Crippen molar-refractivity contribution in [2.45, 2.75) is 19.9 Å². The maximum absolute atomic E-state index is 13.1. The quantitative estimate of drug-likeness (QED) is 0.903. The van der Waals surface area contributed by atoms with Gasteiger partial charge in [-0.05, 0) is 43.2 Å². The first-order valence-electron chi connectivity index (χ1n) is 5.72. The number of nitrogens with zero attached hydrogens (tertiary/aromatic N) is 1. The summed E-state index contributed by atoms with van der Waals surface area (Å²) < 4.78 is 18.6. The first-order chi connectivity index (χ1) is 8.56. The van der Waals surface area contributed by atoms with Gasteiger partial charge >= 0.3 is 0 Å². The number of hydrogen-bond acceptors (Lipinski definition) is 3. The van der Waals surface area contributed by atoms with Crippen LogP contribution in [-0.2, 0) is 0 Å². The van der Waals surface area contributed by atoms with E-state index >= 15 is 0 Å². The highest BCUT2D eigenvalue weighted by molar-refractivity contribution is 5.32. The van der Waals surface area contributed by atoms with Crippen molar-refractivity contribution >= 4 is 0 Å². The van der Waals surface area contributed by atoms with Crippen molar-refractivity contribution in [3.8, 4) is 11.6 Å². The average Bonchev–Trinajstić information content (AvgIpc) is 2.34. The standard InChI is InChI=1S/C14H15FN2O/c1-9-7-12(4-5-13(9)15)18-14-6-3-11(8-17-14)10(2)16/h3-8,10H,16H2,1-2H3/t10-/m0/s1. The van der Waals surface area contributed by atoms with Gasteiger partial charge in [0.05, 0.1) is 0 Å². The summed E-state index contributed by atoms with van der Waals surface area (Å²) in [6.45, 7) is 3.58. The lowest BCUT2D eigenvalue weighted by atomic mass is 10.2. The minimum absolute atomic E-state index is 0.0559. The van der Waals surface area contributed by atoms with E-state index in [1.165, 1.54) is 6.07 Å². The maximum atomic E-state index is 13.1. The molecule has 0 aliphatic rings. The van der Waals surface area contributed by atoms with Gasteiger partial charge in [-0.2, -0.15) is 0 Å².